The van der Waals surface area contributed by atoms with Crippen LogP contribution in [0.1, 0.15) is 19.4 Å². The molecule has 0 radical (unpaired) electrons. The highest BCUT2D eigenvalue weighted by molar-refractivity contribution is 6.19. The van der Waals surface area contributed by atoms with Gasteiger partial charge in [-0.1, -0.05) is 0 Å². The number of esters is 1. The van der Waals surface area contributed by atoms with Gasteiger partial charge in [0.1, 0.15) is 5.57 Å². The van der Waals surface area contributed by atoms with E-state index in [4.69, 9.17) is 4.74 Å². The third-order valence-corrected chi connectivity index (χ3v) is 1.89. The lowest BCUT2D eigenvalue weighted by atomic mass is 10.1. The van der Waals surface area contributed by atoms with E-state index in [2.05, 4.69) is 4.98 Å². The van der Waals surface area contributed by atoms with Gasteiger partial charge < -0.3 is 4.74 Å². The van der Waals surface area contributed by atoms with Gasteiger partial charge in [0.05, 0.1) is 6.61 Å². The van der Waals surface area contributed by atoms with Gasteiger partial charge in [-0.2, -0.15) is 0 Å². The summed E-state index contributed by atoms with van der Waals surface area (Å²) in [6.45, 7) is 3.28. The number of pyridine rings is 1. The van der Waals surface area contributed by atoms with Crippen molar-refractivity contribution < 1.29 is 14.3 Å². The highest BCUT2D eigenvalue weighted by Gasteiger charge is 2.15. The molecule has 1 rings (SSSR count). The van der Waals surface area contributed by atoms with Gasteiger partial charge in [-0.05, 0) is 37.6 Å². The van der Waals surface area contributed by atoms with Crippen LogP contribution in [0.25, 0.3) is 6.08 Å². The Hall–Kier alpha value is -1.97. The average Bonchev–Trinajstić information content (AvgIpc) is 2.27. The van der Waals surface area contributed by atoms with Crippen molar-refractivity contribution in [2.24, 2.45) is 0 Å². The van der Waals surface area contributed by atoms with E-state index < -0.39 is 5.97 Å². The third kappa shape index (κ3) is 3.31. The van der Waals surface area contributed by atoms with Crippen molar-refractivity contribution in [1.29, 1.82) is 0 Å². The predicted octanol–water partition coefficient (Wildman–Crippen LogP) is 1.62. The summed E-state index contributed by atoms with van der Waals surface area (Å²) in [6, 6.07) is 3.42. The number of carbonyl (C=O) groups is 2. The molecule has 4 heteroatoms. The van der Waals surface area contributed by atoms with Crippen molar-refractivity contribution >= 4 is 17.8 Å². The molecule has 0 spiro atoms. The zero-order valence-electron chi connectivity index (χ0n) is 9.27. The number of aromatic nitrogens is 1. The first-order valence-corrected chi connectivity index (χ1v) is 4.95. The SMILES string of the molecule is CCOC(=O)C(=Cc1ccncc1)C(C)=O. The number of Topliss-reactive ketones (excluding diaryl/α,β-unsaturated/α-hetero) is 1. The Labute approximate surface area is 94.0 Å². The molecule has 0 saturated carbocycles. The number of nitrogens with zero attached hydrogens (tertiary/aromatic N) is 1. The van der Waals surface area contributed by atoms with Gasteiger partial charge in [0.25, 0.3) is 0 Å². The second-order valence-electron chi connectivity index (χ2n) is 3.12. The highest BCUT2D eigenvalue weighted by atomic mass is 16.5. The predicted molar refractivity (Wildman–Crippen MR) is 59.5 cm³/mol. The second-order valence-corrected chi connectivity index (χ2v) is 3.12. The van der Waals surface area contributed by atoms with E-state index in [1.807, 2.05) is 0 Å². The van der Waals surface area contributed by atoms with E-state index in [9.17, 15) is 9.59 Å². The van der Waals surface area contributed by atoms with Gasteiger partial charge in [-0.15, -0.1) is 0 Å². The molecule has 84 valence electrons. The topological polar surface area (TPSA) is 56.3 Å². The van der Waals surface area contributed by atoms with E-state index in [1.165, 1.54) is 13.0 Å². The normalized spacial score (nSPS) is 11.0. The number of carbonyl (C=O) groups excluding carboxylic acids is 2. The van der Waals surface area contributed by atoms with Gasteiger partial charge >= 0.3 is 5.97 Å². The van der Waals surface area contributed by atoms with Crippen molar-refractivity contribution in [3.8, 4) is 0 Å². The first-order valence-electron chi connectivity index (χ1n) is 4.95. The van der Waals surface area contributed by atoms with Gasteiger partial charge in [0.15, 0.2) is 5.78 Å². The molecule has 0 aliphatic rings. The van der Waals surface area contributed by atoms with Crippen LogP contribution in [0.3, 0.4) is 0 Å². The molecule has 0 N–H and O–H groups in total. The Morgan fingerprint density at radius 1 is 1.38 bits per heavy atom. The zero-order valence-corrected chi connectivity index (χ0v) is 9.27. The fraction of sp³-hybridized carbons (Fsp3) is 0.250. The zero-order chi connectivity index (χ0) is 12.0. The molecule has 1 heterocycles. The number of ketones is 1. The Balaban J connectivity index is 2.99. The van der Waals surface area contributed by atoms with Crippen molar-refractivity contribution in [3.05, 3.63) is 35.7 Å². The number of ether oxygens (including phenoxy) is 1. The largest absolute Gasteiger partial charge is 0.462 e. The Kier molecular flexibility index (Phi) is 4.39. The molecule has 1 aromatic rings. The summed E-state index contributed by atoms with van der Waals surface area (Å²) in [4.78, 5) is 26.6. The summed E-state index contributed by atoms with van der Waals surface area (Å²) in [5.74, 6) is -0.901. The monoisotopic (exact) mass is 219 g/mol. The Bertz CT molecular complexity index is 410. The van der Waals surface area contributed by atoms with E-state index in [-0.39, 0.29) is 18.0 Å². The van der Waals surface area contributed by atoms with Crippen LogP contribution in [0, 0.1) is 0 Å². The van der Waals surface area contributed by atoms with Crippen molar-refractivity contribution in [3.63, 3.8) is 0 Å². The molecule has 0 bridgehead atoms. The molecule has 0 saturated heterocycles. The van der Waals surface area contributed by atoms with Crippen molar-refractivity contribution in [2.45, 2.75) is 13.8 Å². The van der Waals surface area contributed by atoms with Crippen LogP contribution in [-0.4, -0.2) is 23.3 Å². The minimum absolute atomic E-state index is 0.0491. The Morgan fingerprint density at radius 2 is 2.00 bits per heavy atom. The number of hydrogen-bond acceptors (Lipinski definition) is 4. The van der Waals surface area contributed by atoms with Crippen LogP contribution >= 0.6 is 0 Å². The molecular weight excluding hydrogens is 206 g/mol. The number of hydrogen-bond donors (Lipinski definition) is 0. The van der Waals surface area contributed by atoms with E-state index >= 15 is 0 Å². The van der Waals surface area contributed by atoms with Crippen LogP contribution < -0.4 is 0 Å². The fourth-order valence-electron chi connectivity index (χ4n) is 1.14. The van der Waals surface area contributed by atoms with Crippen LogP contribution in [0.15, 0.2) is 30.1 Å². The highest BCUT2D eigenvalue weighted by Crippen LogP contribution is 2.08. The standard InChI is InChI=1S/C12H13NO3/c1-3-16-12(15)11(9(2)14)8-10-4-6-13-7-5-10/h4-8H,3H2,1-2H3. The maximum atomic E-state index is 11.5. The summed E-state index contributed by atoms with van der Waals surface area (Å²) in [5, 5.41) is 0. The molecule has 1 aromatic heterocycles. The average molecular weight is 219 g/mol. The fourth-order valence-corrected chi connectivity index (χ4v) is 1.14. The van der Waals surface area contributed by atoms with Crippen LogP contribution in [0.2, 0.25) is 0 Å². The van der Waals surface area contributed by atoms with Gasteiger partial charge in [0.2, 0.25) is 0 Å². The van der Waals surface area contributed by atoms with Gasteiger partial charge in [-0.3, -0.25) is 9.78 Å². The molecule has 0 aliphatic heterocycles. The van der Waals surface area contributed by atoms with Crippen molar-refractivity contribution in [1.82, 2.24) is 4.98 Å². The molecule has 16 heavy (non-hydrogen) atoms. The lowest BCUT2D eigenvalue weighted by molar-refractivity contribution is -0.139. The summed E-state index contributed by atoms with van der Waals surface area (Å²) in [5.41, 5.74) is 0.793. The Morgan fingerprint density at radius 3 is 2.50 bits per heavy atom. The third-order valence-electron chi connectivity index (χ3n) is 1.89. The molecule has 0 atom stereocenters. The smallest absolute Gasteiger partial charge is 0.341 e. The molecule has 0 aromatic carbocycles. The van der Waals surface area contributed by atoms with Gasteiger partial charge in [0, 0.05) is 12.4 Å². The maximum Gasteiger partial charge on any atom is 0.341 e. The maximum absolute atomic E-state index is 11.5. The first kappa shape index (κ1) is 12.1. The van der Waals surface area contributed by atoms with E-state index in [0.717, 1.165) is 5.56 Å². The quantitative estimate of drug-likeness (QED) is 0.334. The first-order chi connectivity index (χ1) is 7.65. The lowest BCUT2D eigenvalue weighted by Gasteiger charge is -2.03. The van der Waals surface area contributed by atoms with E-state index in [1.54, 1.807) is 31.5 Å². The molecular formula is C12H13NO3. The summed E-state index contributed by atoms with van der Waals surface area (Å²) >= 11 is 0. The van der Waals surface area contributed by atoms with Crippen LogP contribution in [0.4, 0.5) is 0 Å². The summed E-state index contributed by atoms with van der Waals surface area (Å²) < 4.78 is 4.79. The molecule has 0 aliphatic carbocycles. The molecule has 4 nitrogen and oxygen atoms in total. The van der Waals surface area contributed by atoms with E-state index in [0.29, 0.717) is 0 Å². The minimum Gasteiger partial charge on any atom is -0.462 e. The van der Waals surface area contributed by atoms with Gasteiger partial charge in [-0.25, -0.2) is 4.79 Å². The summed E-state index contributed by atoms with van der Waals surface area (Å²) in [7, 11) is 0. The molecule has 0 amide bonds. The molecule has 0 fully saturated rings. The lowest BCUT2D eigenvalue weighted by Crippen LogP contribution is -2.13. The second kappa shape index (κ2) is 5.80. The minimum atomic E-state index is -0.591. The van der Waals surface area contributed by atoms with Crippen molar-refractivity contribution in [2.75, 3.05) is 6.61 Å². The number of rotatable bonds is 4. The van der Waals surface area contributed by atoms with Crippen LogP contribution in [-0.2, 0) is 14.3 Å². The molecule has 0 unspecified atom stereocenters. The van der Waals surface area contributed by atoms with Crippen LogP contribution in [0.5, 0.6) is 0 Å². The summed E-state index contributed by atoms with van der Waals surface area (Å²) in [6.07, 6.45) is 4.69.